The number of carbonyl (C=O) groups is 2. The molecule has 0 unspecified atom stereocenters. The first-order valence-electron chi connectivity index (χ1n) is 10.9. The van der Waals surface area contributed by atoms with Crippen molar-refractivity contribution in [2.45, 2.75) is 0 Å². The molecule has 34 heavy (non-hydrogen) atoms. The minimum absolute atomic E-state index is 0.183. The predicted molar refractivity (Wildman–Crippen MR) is 127 cm³/mol. The van der Waals surface area contributed by atoms with Gasteiger partial charge in [-0.1, -0.05) is 43.0 Å². The summed E-state index contributed by atoms with van der Waals surface area (Å²) in [4.78, 5) is 28.6. The molecule has 0 radical (unpaired) electrons. The summed E-state index contributed by atoms with van der Waals surface area (Å²) in [6.45, 7) is 5.54. The third-order valence-electron chi connectivity index (χ3n) is 5.46. The van der Waals surface area contributed by atoms with Crippen molar-refractivity contribution in [3.8, 4) is 17.2 Å². The van der Waals surface area contributed by atoms with E-state index >= 15 is 0 Å². The van der Waals surface area contributed by atoms with E-state index in [0.29, 0.717) is 48.4 Å². The van der Waals surface area contributed by atoms with Crippen molar-refractivity contribution in [1.82, 2.24) is 5.32 Å². The van der Waals surface area contributed by atoms with E-state index < -0.39 is 12.1 Å². The van der Waals surface area contributed by atoms with Crippen LogP contribution in [-0.4, -0.2) is 31.9 Å². The van der Waals surface area contributed by atoms with Gasteiger partial charge in [-0.3, -0.25) is 5.32 Å². The first-order valence-corrected chi connectivity index (χ1v) is 10.9. The molecule has 2 saturated heterocycles. The van der Waals surface area contributed by atoms with Gasteiger partial charge in [-0.15, -0.1) is 0 Å². The molecule has 2 heterocycles. The molecule has 8 heteroatoms. The number of imide groups is 1. The fourth-order valence-electron chi connectivity index (χ4n) is 3.65. The highest BCUT2D eigenvalue weighted by Gasteiger charge is 2.37. The summed E-state index contributed by atoms with van der Waals surface area (Å²) < 4.78 is 17.3. The van der Waals surface area contributed by atoms with Gasteiger partial charge in [-0.05, 0) is 36.4 Å². The predicted octanol–water partition coefficient (Wildman–Crippen LogP) is 5.13. The van der Waals surface area contributed by atoms with Crippen LogP contribution in [0, 0.1) is 5.92 Å². The van der Waals surface area contributed by atoms with Crippen molar-refractivity contribution < 1.29 is 23.8 Å². The molecule has 0 spiro atoms. The summed E-state index contributed by atoms with van der Waals surface area (Å²) >= 11 is 0. The van der Waals surface area contributed by atoms with Crippen molar-refractivity contribution in [3.05, 3.63) is 91.3 Å². The fraction of sp³-hybridized carbons (Fsp3) is 0.154. The molecule has 2 fully saturated rings. The van der Waals surface area contributed by atoms with Gasteiger partial charge >= 0.3 is 12.1 Å². The zero-order valence-corrected chi connectivity index (χ0v) is 18.3. The standard InChI is InChI=1S/C26H23N3O5/c1-18-27-25(30)29(26(31)28(18)20-8-4-2-5-9-20)21-12-13-23(34-22-10-6-3-7-11-22)24(14-21)33-17-19-15-32-16-19/h2-14,19H,1,15-17H2,(H,27,30). The van der Waals surface area contributed by atoms with Crippen LogP contribution in [-0.2, 0) is 4.74 Å². The second-order valence-corrected chi connectivity index (χ2v) is 7.93. The first-order chi connectivity index (χ1) is 16.6. The van der Waals surface area contributed by atoms with Crippen molar-refractivity contribution in [3.63, 3.8) is 0 Å². The number of ether oxygens (including phenoxy) is 3. The number of hydrogen-bond donors (Lipinski definition) is 1. The van der Waals surface area contributed by atoms with E-state index in [-0.39, 0.29) is 11.7 Å². The maximum Gasteiger partial charge on any atom is 0.343 e. The molecule has 3 aromatic carbocycles. The number of amides is 4. The zero-order valence-electron chi connectivity index (χ0n) is 18.3. The smallest absolute Gasteiger partial charge is 0.343 e. The third kappa shape index (κ3) is 4.31. The summed E-state index contributed by atoms with van der Waals surface area (Å²) in [7, 11) is 0. The highest BCUT2D eigenvalue weighted by atomic mass is 16.5. The third-order valence-corrected chi connectivity index (χ3v) is 5.46. The fourth-order valence-corrected chi connectivity index (χ4v) is 3.65. The summed E-state index contributed by atoms with van der Waals surface area (Å²) in [5.74, 6) is 2.01. The Hall–Kier alpha value is -4.30. The number of carbonyl (C=O) groups excluding carboxylic acids is 2. The van der Waals surface area contributed by atoms with E-state index in [1.807, 2.05) is 48.5 Å². The molecule has 0 aliphatic carbocycles. The Morgan fingerprint density at radius 3 is 2.26 bits per heavy atom. The zero-order chi connectivity index (χ0) is 23.5. The van der Waals surface area contributed by atoms with Crippen LogP contribution in [0.15, 0.2) is 91.3 Å². The number of nitrogens with one attached hydrogen (secondary N) is 1. The van der Waals surface area contributed by atoms with Gasteiger partial charge in [0.05, 0.1) is 31.2 Å². The Bertz CT molecular complexity index is 1210. The lowest BCUT2D eigenvalue weighted by Crippen LogP contribution is -2.58. The van der Waals surface area contributed by atoms with Crippen LogP contribution in [0.2, 0.25) is 0 Å². The van der Waals surface area contributed by atoms with E-state index in [1.54, 1.807) is 30.3 Å². The molecule has 2 aliphatic heterocycles. The average Bonchev–Trinajstić information content (AvgIpc) is 2.80. The Kier molecular flexibility index (Phi) is 5.88. The minimum atomic E-state index is -0.600. The molecular weight excluding hydrogens is 434 g/mol. The van der Waals surface area contributed by atoms with Crippen LogP contribution in [0.3, 0.4) is 0 Å². The molecule has 1 N–H and O–H groups in total. The maximum absolute atomic E-state index is 13.4. The van der Waals surface area contributed by atoms with Gasteiger partial charge in [0.2, 0.25) is 0 Å². The number of benzene rings is 3. The molecular formula is C26H23N3O5. The molecule has 0 saturated carbocycles. The lowest BCUT2D eigenvalue weighted by molar-refractivity contribution is -0.0510. The van der Waals surface area contributed by atoms with Gasteiger partial charge in [0, 0.05) is 12.0 Å². The van der Waals surface area contributed by atoms with E-state index in [2.05, 4.69) is 11.9 Å². The van der Waals surface area contributed by atoms with Gasteiger partial charge in [0.25, 0.3) is 0 Å². The summed E-state index contributed by atoms with van der Waals surface area (Å²) in [5.41, 5.74) is 0.934. The molecule has 2 aliphatic rings. The average molecular weight is 457 g/mol. The first kappa shape index (κ1) is 21.5. The maximum atomic E-state index is 13.4. The van der Waals surface area contributed by atoms with Crippen molar-refractivity contribution >= 4 is 23.4 Å². The second kappa shape index (κ2) is 9.29. The highest BCUT2D eigenvalue weighted by molar-refractivity contribution is 6.22. The summed E-state index contributed by atoms with van der Waals surface area (Å²) in [6.07, 6.45) is 0. The molecule has 4 amide bonds. The molecule has 8 nitrogen and oxygen atoms in total. The van der Waals surface area contributed by atoms with Crippen LogP contribution in [0.5, 0.6) is 17.2 Å². The largest absolute Gasteiger partial charge is 0.489 e. The molecule has 0 aromatic heterocycles. The van der Waals surface area contributed by atoms with Gasteiger partial charge in [-0.2, -0.15) is 0 Å². The van der Waals surface area contributed by atoms with E-state index in [1.165, 1.54) is 4.90 Å². The van der Waals surface area contributed by atoms with Crippen molar-refractivity contribution in [1.29, 1.82) is 0 Å². The number of nitrogens with zero attached hydrogens (tertiary/aromatic N) is 2. The molecule has 3 aromatic rings. The Balaban J connectivity index is 1.47. The van der Waals surface area contributed by atoms with Crippen LogP contribution >= 0.6 is 0 Å². The molecule has 0 atom stereocenters. The minimum Gasteiger partial charge on any atom is -0.489 e. The number of rotatable bonds is 7. The Labute approximate surface area is 196 Å². The van der Waals surface area contributed by atoms with E-state index in [0.717, 1.165) is 4.90 Å². The van der Waals surface area contributed by atoms with Crippen LogP contribution in [0.1, 0.15) is 0 Å². The number of anilines is 2. The lowest BCUT2D eigenvalue weighted by atomic mass is 10.1. The van der Waals surface area contributed by atoms with Gasteiger partial charge in [-0.25, -0.2) is 19.4 Å². The van der Waals surface area contributed by atoms with Crippen molar-refractivity contribution in [2.75, 3.05) is 29.6 Å². The summed E-state index contributed by atoms with van der Waals surface area (Å²) in [6, 6.07) is 22.1. The Morgan fingerprint density at radius 2 is 1.59 bits per heavy atom. The summed E-state index contributed by atoms with van der Waals surface area (Å²) in [5, 5.41) is 2.66. The Morgan fingerprint density at radius 1 is 0.882 bits per heavy atom. The normalized spacial score (nSPS) is 16.2. The van der Waals surface area contributed by atoms with Crippen molar-refractivity contribution in [2.24, 2.45) is 5.92 Å². The SMILES string of the molecule is C=C1NC(=O)N(c2ccc(Oc3ccccc3)c(OCC3COC3)c2)C(=O)N1c1ccccc1. The van der Waals surface area contributed by atoms with Gasteiger partial charge in [0.15, 0.2) is 11.5 Å². The van der Waals surface area contributed by atoms with E-state index in [4.69, 9.17) is 14.2 Å². The van der Waals surface area contributed by atoms with Crippen LogP contribution in [0.4, 0.5) is 21.0 Å². The molecule has 0 bridgehead atoms. The topological polar surface area (TPSA) is 80.3 Å². The lowest BCUT2D eigenvalue weighted by Gasteiger charge is -2.36. The molecule has 172 valence electrons. The van der Waals surface area contributed by atoms with Crippen LogP contribution in [0.25, 0.3) is 0 Å². The number of urea groups is 2. The van der Waals surface area contributed by atoms with Gasteiger partial charge in [0.1, 0.15) is 11.6 Å². The monoisotopic (exact) mass is 457 g/mol. The van der Waals surface area contributed by atoms with Gasteiger partial charge < -0.3 is 14.2 Å². The number of hydrogen-bond acceptors (Lipinski definition) is 5. The van der Waals surface area contributed by atoms with Crippen LogP contribution < -0.4 is 24.6 Å². The quantitative estimate of drug-likeness (QED) is 0.532. The second-order valence-electron chi connectivity index (χ2n) is 7.93. The highest BCUT2D eigenvalue weighted by Crippen LogP contribution is 2.37. The molecule has 5 rings (SSSR count). The number of para-hydroxylation sites is 2. The van der Waals surface area contributed by atoms with E-state index in [9.17, 15) is 9.59 Å².